The lowest BCUT2D eigenvalue weighted by Crippen LogP contribution is -2.53. The van der Waals surface area contributed by atoms with Crippen molar-refractivity contribution in [2.75, 3.05) is 33.4 Å². The molecule has 2 N–H and O–H groups in total. The summed E-state index contributed by atoms with van der Waals surface area (Å²) < 4.78 is 5.09. The van der Waals surface area contributed by atoms with Crippen LogP contribution in [0.5, 0.6) is 0 Å². The molecule has 2 aromatic rings. The lowest BCUT2D eigenvalue weighted by atomic mass is 9.99. The monoisotopic (exact) mass is 342 g/mol. The molecule has 2 aliphatic heterocycles. The van der Waals surface area contributed by atoms with Crippen molar-refractivity contribution in [1.29, 1.82) is 0 Å². The zero-order chi connectivity index (χ0) is 17.4. The standard InChI is InChI=1S/C18H22N4O3/c1-25-10-9-22-15-6-8-21(11-14(15)20-18(22)24)17(23)13-4-2-3-12-5-7-19-16(12)13/h2-5,7,14-15,19H,6,8-11H2,1H3,(H,20,24)/t14-,15+/m1/s1. The van der Waals surface area contributed by atoms with Gasteiger partial charge in [0.2, 0.25) is 0 Å². The summed E-state index contributed by atoms with van der Waals surface area (Å²) in [6, 6.07) is 7.75. The van der Waals surface area contributed by atoms with Crippen LogP contribution in [0.4, 0.5) is 4.79 Å². The number of benzene rings is 1. The third-order valence-electron chi connectivity index (χ3n) is 5.19. The molecule has 132 valence electrons. The Morgan fingerprint density at radius 2 is 2.24 bits per heavy atom. The Kier molecular flexibility index (Phi) is 4.09. The molecular weight excluding hydrogens is 320 g/mol. The van der Waals surface area contributed by atoms with Gasteiger partial charge in [0.1, 0.15) is 0 Å². The Morgan fingerprint density at radius 1 is 1.36 bits per heavy atom. The van der Waals surface area contributed by atoms with Crippen molar-refractivity contribution in [3.05, 3.63) is 36.0 Å². The van der Waals surface area contributed by atoms with Crippen molar-refractivity contribution >= 4 is 22.8 Å². The smallest absolute Gasteiger partial charge is 0.318 e. The molecule has 4 rings (SSSR count). The van der Waals surface area contributed by atoms with Crippen molar-refractivity contribution < 1.29 is 14.3 Å². The lowest BCUT2D eigenvalue weighted by Gasteiger charge is -2.36. The minimum absolute atomic E-state index is 0.0103. The molecule has 0 unspecified atom stereocenters. The molecule has 7 nitrogen and oxygen atoms in total. The Morgan fingerprint density at radius 3 is 3.08 bits per heavy atom. The predicted molar refractivity (Wildman–Crippen MR) is 93.5 cm³/mol. The molecule has 1 aromatic carbocycles. The number of nitrogens with zero attached hydrogens (tertiary/aromatic N) is 2. The molecule has 3 heterocycles. The third kappa shape index (κ3) is 2.74. The fraction of sp³-hybridized carbons (Fsp3) is 0.444. The number of ether oxygens (including phenoxy) is 1. The number of aromatic amines is 1. The maximum atomic E-state index is 13.0. The van der Waals surface area contributed by atoms with Gasteiger partial charge in [0.25, 0.3) is 5.91 Å². The highest BCUT2D eigenvalue weighted by Crippen LogP contribution is 2.25. The number of carbonyl (C=O) groups is 2. The minimum Gasteiger partial charge on any atom is -0.383 e. The first-order valence-corrected chi connectivity index (χ1v) is 8.60. The molecule has 0 saturated carbocycles. The summed E-state index contributed by atoms with van der Waals surface area (Å²) in [4.78, 5) is 32.0. The van der Waals surface area contributed by atoms with Crippen LogP contribution in [0.2, 0.25) is 0 Å². The molecule has 0 radical (unpaired) electrons. The van der Waals surface area contributed by atoms with Crippen LogP contribution < -0.4 is 5.32 Å². The second-order valence-corrected chi connectivity index (χ2v) is 6.60. The van der Waals surface area contributed by atoms with Crippen LogP contribution in [0, 0.1) is 0 Å². The Hall–Kier alpha value is -2.54. The predicted octanol–water partition coefficient (Wildman–Crippen LogP) is 1.42. The van der Waals surface area contributed by atoms with Gasteiger partial charge in [-0.05, 0) is 18.6 Å². The van der Waals surface area contributed by atoms with Gasteiger partial charge in [-0.3, -0.25) is 4.79 Å². The van der Waals surface area contributed by atoms with Gasteiger partial charge in [-0.15, -0.1) is 0 Å². The molecule has 25 heavy (non-hydrogen) atoms. The van der Waals surface area contributed by atoms with Crippen LogP contribution >= 0.6 is 0 Å². The number of hydrogen-bond acceptors (Lipinski definition) is 3. The maximum absolute atomic E-state index is 13.0. The van der Waals surface area contributed by atoms with E-state index in [1.54, 1.807) is 7.11 Å². The zero-order valence-corrected chi connectivity index (χ0v) is 14.2. The molecule has 3 amide bonds. The summed E-state index contributed by atoms with van der Waals surface area (Å²) in [6.45, 7) is 2.29. The van der Waals surface area contributed by atoms with Crippen molar-refractivity contribution in [3.8, 4) is 0 Å². The Bertz CT molecular complexity index is 802. The normalized spacial score (nSPS) is 23.0. The van der Waals surface area contributed by atoms with E-state index in [0.29, 0.717) is 31.8 Å². The second kappa shape index (κ2) is 6.40. The van der Waals surface area contributed by atoms with Crippen molar-refractivity contribution in [2.45, 2.75) is 18.5 Å². The number of amides is 3. The van der Waals surface area contributed by atoms with Crippen molar-refractivity contribution in [1.82, 2.24) is 20.1 Å². The summed E-state index contributed by atoms with van der Waals surface area (Å²) in [5, 5.41) is 4.04. The molecule has 0 aliphatic carbocycles. The van der Waals surface area contributed by atoms with Crippen molar-refractivity contribution in [2.24, 2.45) is 0 Å². The number of H-pyrrole nitrogens is 1. The number of urea groups is 1. The summed E-state index contributed by atoms with van der Waals surface area (Å²) in [5.74, 6) is 0.0103. The highest BCUT2D eigenvalue weighted by molar-refractivity contribution is 6.05. The molecule has 2 fully saturated rings. The Labute approximate surface area is 145 Å². The first kappa shape index (κ1) is 16.0. The lowest BCUT2D eigenvalue weighted by molar-refractivity contribution is 0.0644. The number of methoxy groups -OCH3 is 1. The fourth-order valence-electron chi connectivity index (χ4n) is 3.92. The topological polar surface area (TPSA) is 77.7 Å². The van der Waals surface area contributed by atoms with Crippen LogP contribution in [0.25, 0.3) is 10.9 Å². The number of nitrogens with one attached hydrogen (secondary N) is 2. The molecule has 0 bridgehead atoms. The SMILES string of the molecule is COCCN1C(=O)N[C@@H]2CN(C(=O)c3cccc4cc[nH]c34)CC[C@@H]21. The van der Waals surface area contributed by atoms with Gasteiger partial charge in [-0.25, -0.2) is 4.79 Å². The van der Waals surface area contributed by atoms with Gasteiger partial charge in [0.15, 0.2) is 0 Å². The maximum Gasteiger partial charge on any atom is 0.318 e. The van der Waals surface area contributed by atoms with Gasteiger partial charge in [0.05, 0.1) is 29.8 Å². The van der Waals surface area contributed by atoms with E-state index < -0.39 is 0 Å². The van der Waals surface area contributed by atoms with E-state index >= 15 is 0 Å². The van der Waals surface area contributed by atoms with Crippen LogP contribution in [0.3, 0.4) is 0 Å². The fourth-order valence-corrected chi connectivity index (χ4v) is 3.92. The van der Waals surface area contributed by atoms with Gasteiger partial charge in [0, 0.05) is 38.3 Å². The van der Waals surface area contributed by atoms with E-state index in [4.69, 9.17) is 4.74 Å². The van der Waals surface area contributed by atoms with E-state index in [9.17, 15) is 9.59 Å². The number of piperidine rings is 1. The number of para-hydroxylation sites is 1. The first-order valence-electron chi connectivity index (χ1n) is 8.60. The van der Waals surface area contributed by atoms with Gasteiger partial charge >= 0.3 is 6.03 Å². The van der Waals surface area contributed by atoms with Gasteiger partial charge in [-0.2, -0.15) is 0 Å². The number of likely N-dealkylation sites (tertiary alicyclic amines) is 1. The average Bonchev–Trinajstić information content (AvgIpc) is 3.22. The van der Waals surface area contributed by atoms with Crippen LogP contribution in [-0.4, -0.2) is 72.2 Å². The van der Waals surface area contributed by atoms with E-state index in [2.05, 4.69) is 10.3 Å². The largest absolute Gasteiger partial charge is 0.383 e. The quantitative estimate of drug-likeness (QED) is 0.882. The van der Waals surface area contributed by atoms with Gasteiger partial charge < -0.3 is 24.8 Å². The zero-order valence-electron chi connectivity index (χ0n) is 14.2. The number of hydrogen-bond donors (Lipinski definition) is 2. The number of fused-ring (bicyclic) bond motifs is 2. The minimum atomic E-state index is -0.0622. The summed E-state index contributed by atoms with van der Waals surface area (Å²) >= 11 is 0. The molecule has 2 atom stereocenters. The van der Waals surface area contributed by atoms with Crippen molar-refractivity contribution in [3.63, 3.8) is 0 Å². The van der Waals surface area contributed by atoms with Crippen LogP contribution in [-0.2, 0) is 4.74 Å². The molecule has 2 saturated heterocycles. The molecule has 0 spiro atoms. The van der Waals surface area contributed by atoms with Crippen LogP contribution in [0.1, 0.15) is 16.8 Å². The number of rotatable bonds is 4. The first-order chi connectivity index (χ1) is 12.2. The van der Waals surface area contributed by atoms with E-state index in [1.807, 2.05) is 40.3 Å². The van der Waals surface area contributed by atoms with E-state index in [0.717, 1.165) is 17.3 Å². The highest BCUT2D eigenvalue weighted by Gasteiger charge is 2.43. The summed E-state index contributed by atoms with van der Waals surface area (Å²) in [5.41, 5.74) is 1.55. The van der Waals surface area contributed by atoms with E-state index in [1.165, 1.54) is 0 Å². The highest BCUT2D eigenvalue weighted by atomic mass is 16.5. The van der Waals surface area contributed by atoms with Gasteiger partial charge in [-0.1, -0.05) is 12.1 Å². The van der Waals surface area contributed by atoms with Crippen LogP contribution in [0.15, 0.2) is 30.5 Å². The summed E-state index contributed by atoms with van der Waals surface area (Å²) in [7, 11) is 1.63. The van der Waals surface area contributed by atoms with E-state index in [-0.39, 0.29) is 24.0 Å². The summed E-state index contributed by atoms with van der Waals surface area (Å²) in [6.07, 6.45) is 2.62. The average molecular weight is 342 g/mol. The second-order valence-electron chi connectivity index (χ2n) is 6.60. The molecular formula is C18H22N4O3. The number of carbonyl (C=O) groups excluding carboxylic acids is 2. The molecule has 1 aromatic heterocycles. The molecule has 2 aliphatic rings. The third-order valence-corrected chi connectivity index (χ3v) is 5.19. The molecule has 7 heteroatoms. The number of aromatic nitrogens is 1. The Balaban J connectivity index is 1.50.